The van der Waals surface area contributed by atoms with Crippen LogP contribution in [0.1, 0.15) is 37.8 Å². The average molecular weight is 433 g/mol. The van der Waals surface area contributed by atoms with Gasteiger partial charge in [0.05, 0.1) is 6.54 Å². The monoisotopic (exact) mass is 432 g/mol. The molecule has 6 heteroatoms. The van der Waals surface area contributed by atoms with E-state index >= 15 is 0 Å². The van der Waals surface area contributed by atoms with Gasteiger partial charge >= 0.3 is 0 Å². The second-order valence-electron chi connectivity index (χ2n) is 6.71. The Hall–Kier alpha value is -2.34. The molecule has 0 saturated carbocycles. The molecule has 2 rings (SSSR count). The van der Waals surface area contributed by atoms with Crippen LogP contribution in [0.2, 0.25) is 0 Å². The van der Waals surface area contributed by atoms with E-state index in [1.54, 1.807) is 6.92 Å². The predicted molar refractivity (Wildman–Crippen MR) is 111 cm³/mol. The van der Waals surface area contributed by atoms with Gasteiger partial charge in [0.1, 0.15) is 5.75 Å². The topological polar surface area (TPSA) is 67.4 Å². The maximum absolute atomic E-state index is 12.2. The van der Waals surface area contributed by atoms with Crippen LogP contribution in [-0.4, -0.2) is 24.5 Å². The lowest BCUT2D eigenvalue weighted by Gasteiger charge is -2.16. The van der Waals surface area contributed by atoms with E-state index in [1.807, 2.05) is 49.4 Å². The number of carbonyl (C=O) groups excluding carboxylic acids is 2. The average Bonchev–Trinajstić information content (AvgIpc) is 2.62. The lowest BCUT2D eigenvalue weighted by atomic mass is 10.0. The smallest absolute Gasteiger partial charge is 0.261 e. The summed E-state index contributed by atoms with van der Waals surface area (Å²) in [6, 6.07) is 13.3. The Kier molecular flexibility index (Phi) is 7.42. The number of hydrogen-bond donors (Lipinski definition) is 2. The molecule has 0 aliphatic carbocycles. The molecule has 0 heterocycles. The molecular weight excluding hydrogens is 408 g/mol. The number of anilines is 1. The molecule has 0 aromatic heterocycles. The van der Waals surface area contributed by atoms with E-state index in [9.17, 15) is 9.59 Å². The third-order valence-corrected chi connectivity index (χ3v) is 4.59. The van der Waals surface area contributed by atoms with Crippen LogP contribution in [0.25, 0.3) is 0 Å². The highest BCUT2D eigenvalue weighted by Gasteiger charge is 2.16. The van der Waals surface area contributed by atoms with Crippen molar-refractivity contribution in [2.45, 2.75) is 39.7 Å². The largest absolute Gasteiger partial charge is 0.481 e. The predicted octanol–water partition coefficient (Wildman–Crippen LogP) is 4.40. The number of nitrogens with one attached hydrogen (secondary N) is 2. The molecule has 5 nitrogen and oxygen atoms in total. The quantitative estimate of drug-likeness (QED) is 0.680. The molecule has 2 aromatic rings. The second-order valence-corrected chi connectivity index (χ2v) is 7.63. The van der Waals surface area contributed by atoms with Crippen molar-refractivity contribution in [2.24, 2.45) is 0 Å². The number of ether oxygens (including phenoxy) is 1. The summed E-state index contributed by atoms with van der Waals surface area (Å²) >= 11 is 3.38. The fourth-order valence-electron chi connectivity index (χ4n) is 2.48. The van der Waals surface area contributed by atoms with Crippen molar-refractivity contribution in [3.8, 4) is 5.75 Å². The lowest BCUT2D eigenvalue weighted by Crippen LogP contribution is -2.40. The molecule has 1 atom stereocenters. The summed E-state index contributed by atoms with van der Waals surface area (Å²) in [5.41, 5.74) is 2.79. The van der Waals surface area contributed by atoms with E-state index in [2.05, 4.69) is 40.4 Å². The molecule has 0 bridgehead atoms. The second kappa shape index (κ2) is 9.55. The first-order valence-corrected chi connectivity index (χ1v) is 9.66. The van der Waals surface area contributed by atoms with E-state index in [1.165, 1.54) is 0 Å². The Morgan fingerprint density at radius 2 is 1.85 bits per heavy atom. The van der Waals surface area contributed by atoms with Gasteiger partial charge in [0, 0.05) is 10.2 Å². The molecule has 2 N–H and O–H groups in total. The summed E-state index contributed by atoms with van der Waals surface area (Å²) < 4.78 is 6.64. The van der Waals surface area contributed by atoms with Gasteiger partial charge in [-0.25, -0.2) is 0 Å². The highest BCUT2D eigenvalue weighted by Crippen LogP contribution is 2.21. The molecule has 0 fully saturated rings. The zero-order chi connectivity index (χ0) is 20.0. The number of halogens is 1. The molecule has 0 spiro atoms. The molecule has 27 heavy (non-hydrogen) atoms. The molecule has 1 unspecified atom stereocenters. The summed E-state index contributed by atoms with van der Waals surface area (Å²) in [4.78, 5) is 24.3. The first-order valence-electron chi connectivity index (χ1n) is 8.86. The van der Waals surface area contributed by atoms with Crippen molar-refractivity contribution >= 4 is 33.4 Å². The molecule has 0 aliphatic heterocycles. The third-order valence-electron chi connectivity index (χ3n) is 4.09. The Labute approximate surface area is 168 Å². The highest BCUT2D eigenvalue weighted by molar-refractivity contribution is 9.10. The van der Waals surface area contributed by atoms with Gasteiger partial charge < -0.3 is 15.4 Å². The van der Waals surface area contributed by atoms with Crippen LogP contribution in [0.3, 0.4) is 0 Å². The molecular formula is C21H25BrN2O3. The summed E-state index contributed by atoms with van der Waals surface area (Å²) in [5, 5.41) is 5.39. The minimum absolute atomic E-state index is 0.117. The number of aryl methyl sites for hydroxylation is 1. The van der Waals surface area contributed by atoms with Crippen molar-refractivity contribution in [3.05, 3.63) is 58.1 Å². The van der Waals surface area contributed by atoms with Crippen LogP contribution in [-0.2, 0) is 9.59 Å². The van der Waals surface area contributed by atoms with E-state index < -0.39 is 6.10 Å². The number of benzene rings is 2. The van der Waals surface area contributed by atoms with Gasteiger partial charge in [-0.3, -0.25) is 9.59 Å². The van der Waals surface area contributed by atoms with Crippen LogP contribution in [0.15, 0.2) is 46.9 Å². The van der Waals surface area contributed by atoms with Gasteiger partial charge in [-0.2, -0.15) is 0 Å². The maximum Gasteiger partial charge on any atom is 0.261 e. The standard InChI is InChI=1S/C21H25BrN2O3/c1-13(2)16-6-5-7-18(11-16)27-15(4)21(26)23-12-20(25)24-19-9-8-17(22)10-14(19)3/h5-11,13,15H,12H2,1-4H3,(H,23,26)(H,24,25). The van der Waals surface area contributed by atoms with E-state index in [-0.39, 0.29) is 18.4 Å². The van der Waals surface area contributed by atoms with Crippen molar-refractivity contribution in [2.75, 3.05) is 11.9 Å². The Morgan fingerprint density at radius 1 is 1.11 bits per heavy atom. The fourth-order valence-corrected chi connectivity index (χ4v) is 2.95. The Morgan fingerprint density at radius 3 is 2.52 bits per heavy atom. The fraction of sp³-hybridized carbons (Fsp3) is 0.333. The molecule has 2 amide bonds. The van der Waals surface area contributed by atoms with Gasteiger partial charge in [0.2, 0.25) is 5.91 Å². The molecule has 0 aliphatic rings. The van der Waals surface area contributed by atoms with Crippen LogP contribution in [0.4, 0.5) is 5.69 Å². The van der Waals surface area contributed by atoms with Crippen molar-refractivity contribution < 1.29 is 14.3 Å². The Balaban J connectivity index is 1.85. The van der Waals surface area contributed by atoms with Crippen molar-refractivity contribution in [1.29, 1.82) is 0 Å². The summed E-state index contributed by atoms with van der Waals surface area (Å²) in [6.45, 7) is 7.64. The van der Waals surface area contributed by atoms with Gasteiger partial charge in [-0.15, -0.1) is 0 Å². The van der Waals surface area contributed by atoms with Crippen LogP contribution in [0.5, 0.6) is 5.75 Å². The number of amides is 2. The molecule has 0 radical (unpaired) electrons. The molecule has 144 valence electrons. The first-order chi connectivity index (χ1) is 12.8. The van der Waals surface area contributed by atoms with Crippen LogP contribution in [0, 0.1) is 6.92 Å². The van der Waals surface area contributed by atoms with Crippen molar-refractivity contribution in [1.82, 2.24) is 5.32 Å². The van der Waals surface area contributed by atoms with Crippen molar-refractivity contribution in [3.63, 3.8) is 0 Å². The van der Waals surface area contributed by atoms with Crippen LogP contribution < -0.4 is 15.4 Å². The van der Waals surface area contributed by atoms with E-state index in [0.717, 1.165) is 15.6 Å². The maximum atomic E-state index is 12.2. The lowest BCUT2D eigenvalue weighted by molar-refractivity contribution is -0.129. The van der Waals surface area contributed by atoms with E-state index in [0.29, 0.717) is 17.4 Å². The van der Waals surface area contributed by atoms with Gasteiger partial charge in [-0.1, -0.05) is 41.9 Å². The minimum Gasteiger partial charge on any atom is -0.481 e. The Bertz CT molecular complexity index is 821. The number of carbonyl (C=O) groups is 2. The molecule has 0 saturated heterocycles. The molecule has 2 aromatic carbocycles. The van der Waals surface area contributed by atoms with Crippen LogP contribution >= 0.6 is 15.9 Å². The van der Waals surface area contributed by atoms with Gasteiger partial charge in [0.25, 0.3) is 5.91 Å². The highest BCUT2D eigenvalue weighted by atomic mass is 79.9. The summed E-state index contributed by atoms with van der Waals surface area (Å²) in [5.74, 6) is 0.387. The number of rotatable bonds is 7. The first kappa shape index (κ1) is 21.0. The summed E-state index contributed by atoms with van der Waals surface area (Å²) in [7, 11) is 0. The zero-order valence-electron chi connectivity index (χ0n) is 16.0. The number of hydrogen-bond acceptors (Lipinski definition) is 3. The third kappa shape index (κ3) is 6.40. The van der Waals surface area contributed by atoms with Gasteiger partial charge in [0.15, 0.2) is 6.10 Å². The van der Waals surface area contributed by atoms with Gasteiger partial charge in [-0.05, 0) is 61.2 Å². The minimum atomic E-state index is -0.699. The zero-order valence-corrected chi connectivity index (χ0v) is 17.6. The summed E-state index contributed by atoms with van der Waals surface area (Å²) in [6.07, 6.45) is -0.699. The van der Waals surface area contributed by atoms with E-state index in [4.69, 9.17) is 4.74 Å². The normalized spacial score (nSPS) is 11.8. The SMILES string of the molecule is Cc1cc(Br)ccc1NC(=O)CNC(=O)C(C)Oc1cccc(C(C)C)c1.